The van der Waals surface area contributed by atoms with Gasteiger partial charge in [0.1, 0.15) is 0 Å². The zero-order chi connectivity index (χ0) is 45.5. The van der Waals surface area contributed by atoms with Crippen molar-refractivity contribution in [3.05, 3.63) is 240 Å². The Kier molecular flexibility index (Phi) is 8.12. The number of rotatable bonds is 5. The summed E-state index contributed by atoms with van der Waals surface area (Å²) in [4.78, 5) is 0. The van der Waals surface area contributed by atoms with Crippen molar-refractivity contribution in [3.8, 4) is 44.8 Å². The van der Waals surface area contributed by atoms with Crippen LogP contribution in [-0.4, -0.2) is 9.13 Å². The summed E-state index contributed by atoms with van der Waals surface area (Å²) in [6, 6.07) is 77.0. The smallest absolute Gasteiger partial charge is 0.0541 e. The second-order valence-electron chi connectivity index (χ2n) is 20.2. The van der Waals surface area contributed by atoms with Gasteiger partial charge in [0.15, 0.2) is 0 Å². The van der Waals surface area contributed by atoms with Gasteiger partial charge in [-0.25, -0.2) is 0 Å². The van der Waals surface area contributed by atoms with E-state index in [2.05, 4.69) is 255 Å². The first-order valence-corrected chi connectivity index (χ1v) is 24.0. The molecule has 12 aromatic rings. The fourth-order valence-electron chi connectivity index (χ4n) is 12.2. The van der Waals surface area contributed by atoms with Crippen LogP contribution in [0.2, 0.25) is 0 Å². The summed E-state index contributed by atoms with van der Waals surface area (Å²) in [6.07, 6.45) is 4.56. The van der Waals surface area contributed by atoms with Gasteiger partial charge in [-0.1, -0.05) is 167 Å². The minimum Gasteiger partial charge on any atom is -0.309 e. The second kappa shape index (κ2) is 14.2. The summed E-state index contributed by atoms with van der Waals surface area (Å²) in [5.74, 6) is 0. The highest BCUT2D eigenvalue weighted by Gasteiger charge is 2.42. The topological polar surface area (TPSA) is 9.86 Å². The van der Waals surface area contributed by atoms with E-state index in [-0.39, 0.29) is 10.8 Å². The van der Waals surface area contributed by atoms with Gasteiger partial charge in [-0.05, 0) is 156 Å². The van der Waals surface area contributed by atoms with Crippen molar-refractivity contribution >= 4 is 66.5 Å². The monoisotopic (exact) mass is 868 g/mol. The predicted molar refractivity (Wildman–Crippen MR) is 289 cm³/mol. The molecule has 0 saturated heterocycles. The molecule has 2 nitrogen and oxygen atoms in total. The third kappa shape index (κ3) is 5.58. The van der Waals surface area contributed by atoms with E-state index in [0.29, 0.717) is 0 Å². The highest BCUT2D eigenvalue weighted by Crippen LogP contribution is 2.56. The quantitative estimate of drug-likeness (QED) is 0.153. The highest BCUT2D eigenvalue weighted by atomic mass is 15.0. The van der Waals surface area contributed by atoms with E-state index in [0.717, 1.165) is 0 Å². The van der Waals surface area contributed by atoms with Gasteiger partial charge < -0.3 is 9.13 Å². The maximum absolute atomic E-state index is 2.53. The van der Waals surface area contributed by atoms with E-state index in [9.17, 15) is 0 Å². The first kappa shape index (κ1) is 39.0. The van der Waals surface area contributed by atoms with Gasteiger partial charge in [0.05, 0.1) is 22.1 Å². The van der Waals surface area contributed by atoms with E-state index >= 15 is 0 Å². The highest BCUT2D eigenvalue weighted by molar-refractivity contribution is 6.11. The number of fused-ring (bicyclic) bond motifs is 13. The normalized spacial score (nSPS) is 14.4. The van der Waals surface area contributed by atoms with E-state index < -0.39 is 0 Å². The van der Waals surface area contributed by atoms with E-state index in [1.807, 2.05) is 0 Å². The Balaban J connectivity index is 0.794. The van der Waals surface area contributed by atoms with Gasteiger partial charge >= 0.3 is 0 Å². The Morgan fingerprint density at radius 3 is 1.50 bits per heavy atom. The van der Waals surface area contributed by atoms with Crippen molar-refractivity contribution < 1.29 is 0 Å². The first-order chi connectivity index (χ1) is 33.2. The molecule has 0 atom stereocenters. The molecule has 0 aliphatic heterocycles. The molecule has 0 saturated carbocycles. The van der Waals surface area contributed by atoms with Crippen LogP contribution in [0.1, 0.15) is 61.1 Å². The molecule has 2 aliphatic rings. The molecule has 2 aromatic heterocycles. The van der Waals surface area contributed by atoms with E-state index in [4.69, 9.17) is 0 Å². The largest absolute Gasteiger partial charge is 0.309 e. The molecule has 0 spiro atoms. The maximum Gasteiger partial charge on any atom is 0.0541 e. The number of para-hydroxylation sites is 3. The zero-order valence-electron chi connectivity index (χ0n) is 38.7. The van der Waals surface area contributed by atoms with Crippen molar-refractivity contribution in [2.75, 3.05) is 0 Å². The summed E-state index contributed by atoms with van der Waals surface area (Å²) in [5.41, 5.74) is 22.9. The van der Waals surface area contributed by atoms with Gasteiger partial charge in [-0.2, -0.15) is 0 Å². The molecule has 68 heavy (non-hydrogen) atoms. The maximum atomic E-state index is 2.53. The lowest BCUT2D eigenvalue weighted by molar-refractivity contribution is 0.652. The van der Waals surface area contributed by atoms with Crippen molar-refractivity contribution in [3.63, 3.8) is 0 Å². The SMILES string of the molecule is CC1(C)c2cc(C=Cc3ccc4c(c3)c3ccccc3n4-c3ccccc3)ccc2-c2cc3c(cc21)-c1ccc(-c2ccc4c(c2)c2ccccc2n4-c2ccc4ccccc4c2)cc1C3(C)C. The van der Waals surface area contributed by atoms with Gasteiger partial charge in [0.25, 0.3) is 0 Å². The summed E-state index contributed by atoms with van der Waals surface area (Å²) in [7, 11) is 0. The Labute approximate surface area is 396 Å². The molecule has 2 aliphatic carbocycles. The standard InChI is InChI=1S/C66H48N2/c1-65(2)57-35-42(23-22-41-25-32-63-55(34-41)51-18-10-12-20-61(51)67(63)47-16-6-5-7-17-47)24-30-49(57)53-39-60-54(40-59(53)65)50-31-27-46(38-58(50)66(60,3)4)45-28-33-64-56(37-45)52-19-11-13-21-62(52)68(64)48-29-26-43-14-8-9-15-44(43)36-48/h5-40H,1-4H3. The second-order valence-corrected chi connectivity index (χ2v) is 20.2. The molecule has 322 valence electrons. The molecule has 0 unspecified atom stereocenters. The van der Waals surface area contributed by atoms with E-state index in [1.54, 1.807) is 0 Å². The van der Waals surface area contributed by atoms with Gasteiger partial charge in [0, 0.05) is 43.7 Å². The molecule has 10 aromatic carbocycles. The molecule has 0 radical (unpaired) electrons. The lowest BCUT2D eigenvalue weighted by Gasteiger charge is -2.24. The lowest BCUT2D eigenvalue weighted by Crippen LogP contribution is -2.17. The van der Waals surface area contributed by atoms with Crippen LogP contribution in [0.15, 0.2) is 206 Å². The minimum absolute atomic E-state index is 0.143. The molecule has 14 rings (SSSR count). The average Bonchev–Trinajstić information content (AvgIpc) is 4.03. The number of hydrogen-bond donors (Lipinski definition) is 0. The number of hydrogen-bond acceptors (Lipinski definition) is 0. The number of aromatic nitrogens is 2. The van der Waals surface area contributed by atoms with Crippen LogP contribution in [0.3, 0.4) is 0 Å². The van der Waals surface area contributed by atoms with E-state index in [1.165, 1.54) is 133 Å². The van der Waals surface area contributed by atoms with Gasteiger partial charge in [-0.3, -0.25) is 0 Å². The molecular formula is C66H48N2. The molecule has 0 N–H and O–H groups in total. The molecule has 2 heteroatoms. The lowest BCUT2D eigenvalue weighted by atomic mass is 9.79. The Morgan fingerprint density at radius 1 is 0.309 bits per heavy atom. The van der Waals surface area contributed by atoms with Gasteiger partial charge in [0.2, 0.25) is 0 Å². The summed E-state index contributed by atoms with van der Waals surface area (Å²) in [6.45, 7) is 9.65. The van der Waals surface area contributed by atoms with Crippen LogP contribution in [0.25, 0.3) is 111 Å². The Hall–Kier alpha value is -8.20. The molecule has 0 bridgehead atoms. The van der Waals surface area contributed by atoms with Crippen molar-refractivity contribution in [2.45, 2.75) is 38.5 Å². The van der Waals surface area contributed by atoms with Crippen LogP contribution in [0.5, 0.6) is 0 Å². The van der Waals surface area contributed by atoms with Crippen LogP contribution < -0.4 is 0 Å². The van der Waals surface area contributed by atoms with Crippen molar-refractivity contribution in [1.29, 1.82) is 0 Å². The minimum atomic E-state index is -0.157. The summed E-state index contributed by atoms with van der Waals surface area (Å²) < 4.78 is 4.80. The molecule has 0 fully saturated rings. The van der Waals surface area contributed by atoms with Crippen LogP contribution in [0, 0.1) is 0 Å². The number of nitrogens with zero attached hydrogens (tertiary/aromatic N) is 2. The van der Waals surface area contributed by atoms with Crippen molar-refractivity contribution in [2.24, 2.45) is 0 Å². The fraction of sp³-hybridized carbons (Fsp3) is 0.0909. The van der Waals surface area contributed by atoms with Crippen LogP contribution in [-0.2, 0) is 10.8 Å². The molecule has 0 amide bonds. The van der Waals surface area contributed by atoms with Crippen LogP contribution in [0.4, 0.5) is 0 Å². The summed E-state index contributed by atoms with van der Waals surface area (Å²) >= 11 is 0. The fourth-order valence-corrected chi connectivity index (χ4v) is 12.2. The average molecular weight is 869 g/mol. The van der Waals surface area contributed by atoms with Crippen LogP contribution >= 0.6 is 0 Å². The Bertz CT molecular complexity index is 4130. The number of benzene rings is 10. The zero-order valence-corrected chi connectivity index (χ0v) is 38.7. The molecular weight excluding hydrogens is 821 g/mol. The predicted octanol–water partition coefficient (Wildman–Crippen LogP) is 17.5. The third-order valence-electron chi connectivity index (χ3n) is 15.7. The Morgan fingerprint density at radius 2 is 0.794 bits per heavy atom. The third-order valence-corrected chi connectivity index (χ3v) is 15.7. The molecule has 2 heterocycles. The van der Waals surface area contributed by atoms with Crippen molar-refractivity contribution in [1.82, 2.24) is 9.13 Å². The summed E-state index contributed by atoms with van der Waals surface area (Å²) in [5, 5.41) is 7.59. The van der Waals surface area contributed by atoms with Gasteiger partial charge in [-0.15, -0.1) is 0 Å². The first-order valence-electron chi connectivity index (χ1n) is 24.0.